The number of nitrogens with two attached hydrogens (primary N) is 1. The van der Waals surface area contributed by atoms with E-state index in [9.17, 15) is 0 Å². The summed E-state index contributed by atoms with van der Waals surface area (Å²) in [6.07, 6.45) is 3.34. The van der Waals surface area contributed by atoms with Crippen LogP contribution in [-0.4, -0.2) is 11.5 Å². The molecule has 2 aromatic rings. The van der Waals surface area contributed by atoms with Gasteiger partial charge in [-0.05, 0) is 31.0 Å². The van der Waals surface area contributed by atoms with E-state index in [1.165, 1.54) is 12.0 Å². The first kappa shape index (κ1) is 7.09. The average molecular weight is 178 g/mol. The fraction of sp³-hybridized carbons (Fsp3) is 0.300. The Labute approximate surface area is 78.0 Å². The Bertz CT molecular complexity index is 413. The number of aryl methyl sites for hydroxylation is 1. The highest BCUT2D eigenvalue weighted by Crippen LogP contribution is 2.17. The van der Waals surface area contributed by atoms with Crippen LogP contribution in [0.15, 0.2) is 29.0 Å². The molecule has 0 spiro atoms. The molecule has 0 fully saturated rings. The van der Waals surface area contributed by atoms with E-state index < -0.39 is 0 Å². The van der Waals surface area contributed by atoms with Crippen molar-refractivity contribution in [3.63, 3.8) is 0 Å². The number of benzene rings is 1. The summed E-state index contributed by atoms with van der Waals surface area (Å²) in [6, 6.07) is 5.93. The number of fused-ring (bicyclic) bond motifs is 1. The second-order valence-electron chi connectivity index (χ2n) is 2.97. The molecule has 1 aromatic carbocycles. The number of hydrogen-bond acceptors (Lipinski definition) is 3. The predicted molar refractivity (Wildman–Crippen MR) is 51.4 cm³/mol. The summed E-state index contributed by atoms with van der Waals surface area (Å²) < 4.78 is 12.0. The Kier molecular flexibility index (Phi) is 1.95. The SMILES string of the molecule is [3H]NCCCc1cccc2ocnc12. The van der Waals surface area contributed by atoms with Crippen molar-refractivity contribution in [2.24, 2.45) is 5.73 Å². The summed E-state index contributed by atoms with van der Waals surface area (Å²) in [5.41, 5.74) is 5.35. The van der Waals surface area contributed by atoms with Gasteiger partial charge in [0, 0.05) is 0 Å². The molecule has 3 heteroatoms. The molecule has 0 atom stereocenters. The van der Waals surface area contributed by atoms with Gasteiger partial charge in [-0.1, -0.05) is 12.1 Å². The molecule has 0 unspecified atom stereocenters. The largest absolute Gasteiger partial charge is 0.443 e. The molecule has 0 saturated carbocycles. The number of rotatable bonds is 4. The van der Waals surface area contributed by atoms with Crippen LogP contribution in [0.1, 0.15) is 12.0 Å². The van der Waals surface area contributed by atoms with Crippen molar-refractivity contribution >= 4 is 11.1 Å². The van der Waals surface area contributed by atoms with Gasteiger partial charge in [0.05, 0.1) is 0 Å². The Balaban J connectivity index is 2.19. The number of aromatic nitrogens is 1. The standard InChI is InChI=1S/C10H12N2O/c11-6-2-4-8-3-1-5-9-10(8)12-7-13-9/h1,3,5,7H,2,4,6,11H2/i/hT. The summed E-state index contributed by atoms with van der Waals surface area (Å²) in [7, 11) is 0. The minimum Gasteiger partial charge on any atom is -0.443 e. The lowest BCUT2D eigenvalue weighted by Crippen LogP contribution is -2.00. The topological polar surface area (TPSA) is 52.0 Å². The van der Waals surface area contributed by atoms with Crippen LogP contribution >= 0.6 is 0 Å². The predicted octanol–water partition coefficient (Wildman–Crippen LogP) is 1.72. The van der Waals surface area contributed by atoms with Crippen molar-refractivity contribution < 1.29 is 5.83 Å². The van der Waals surface area contributed by atoms with E-state index in [4.69, 9.17) is 5.83 Å². The van der Waals surface area contributed by atoms with E-state index in [2.05, 4.69) is 16.8 Å². The summed E-state index contributed by atoms with van der Waals surface area (Å²) in [6.45, 7) is 0.703. The zero-order chi connectivity index (χ0) is 9.80. The lowest BCUT2D eigenvalue weighted by molar-refractivity contribution is 0.602. The van der Waals surface area contributed by atoms with E-state index in [0.717, 1.165) is 23.9 Å². The van der Waals surface area contributed by atoms with Gasteiger partial charge in [0.15, 0.2) is 12.0 Å². The molecular weight excluding hydrogens is 164 g/mol. The van der Waals surface area contributed by atoms with Crippen LogP contribution < -0.4 is 5.73 Å². The van der Waals surface area contributed by atoms with Crippen molar-refractivity contribution in [1.82, 2.24) is 4.98 Å². The normalized spacial score (nSPS) is 11.8. The molecular formula is C10H12N2O. The van der Waals surface area contributed by atoms with Crippen LogP contribution in [0, 0.1) is 0 Å². The summed E-state index contributed by atoms with van der Waals surface area (Å²) in [5.74, 6) is 0. The highest BCUT2D eigenvalue weighted by atomic mass is 16.3. The van der Waals surface area contributed by atoms with Gasteiger partial charge in [0.2, 0.25) is 0 Å². The lowest BCUT2D eigenvalue weighted by atomic mass is 10.1. The molecule has 13 heavy (non-hydrogen) atoms. The van der Waals surface area contributed by atoms with Gasteiger partial charge in [-0.2, -0.15) is 0 Å². The van der Waals surface area contributed by atoms with E-state index in [-0.39, 0.29) is 0 Å². The Hall–Kier alpha value is -1.35. The zero-order valence-electron chi connectivity index (χ0n) is 8.29. The van der Waals surface area contributed by atoms with Gasteiger partial charge in [0.25, 0.3) is 0 Å². The molecule has 0 bridgehead atoms. The number of hydrogen-bond donors (Lipinski definition) is 1. The van der Waals surface area contributed by atoms with Crippen LogP contribution in [0.25, 0.3) is 11.1 Å². The van der Waals surface area contributed by atoms with Gasteiger partial charge in [-0.25, -0.2) is 4.98 Å². The molecule has 1 heterocycles. The van der Waals surface area contributed by atoms with Gasteiger partial charge < -0.3 is 10.1 Å². The highest BCUT2D eigenvalue weighted by molar-refractivity contribution is 5.75. The molecule has 0 saturated heterocycles. The molecule has 0 aliphatic rings. The van der Waals surface area contributed by atoms with E-state index in [1.54, 1.807) is 0 Å². The summed E-state index contributed by atoms with van der Waals surface area (Å²) >= 11 is 0. The molecule has 2 N–H and O–H groups in total. The van der Waals surface area contributed by atoms with Crippen LogP contribution in [0.3, 0.4) is 0 Å². The van der Waals surface area contributed by atoms with Crippen molar-refractivity contribution in [3.05, 3.63) is 30.2 Å². The van der Waals surface area contributed by atoms with E-state index in [1.807, 2.05) is 12.1 Å². The molecule has 1 aromatic heterocycles. The monoisotopic (exact) mass is 178 g/mol. The third-order valence-corrected chi connectivity index (χ3v) is 2.07. The fourth-order valence-corrected chi connectivity index (χ4v) is 1.43. The van der Waals surface area contributed by atoms with Crippen LogP contribution in [0.2, 0.25) is 1.41 Å². The smallest absolute Gasteiger partial charge is 0.181 e. The maximum absolute atomic E-state index is 6.82. The lowest BCUT2D eigenvalue weighted by Gasteiger charge is -1.98. The van der Waals surface area contributed by atoms with Crippen molar-refractivity contribution in [3.8, 4) is 0 Å². The van der Waals surface area contributed by atoms with Crippen LogP contribution in [0.5, 0.6) is 0 Å². The minimum atomic E-state index is 0.703. The first-order chi connectivity index (χ1) is 6.92. The molecule has 3 nitrogen and oxygen atoms in total. The number of oxazole rings is 1. The second-order valence-corrected chi connectivity index (χ2v) is 2.97. The van der Waals surface area contributed by atoms with Gasteiger partial charge in [0.1, 0.15) is 6.93 Å². The van der Waals surface area contributed by atoms with E-state index in [0.29, 0.717) is 6.54 Å². The Morgan fingerprint density at radius 3 is 3.46 bits per heavy atom. The molecule has 0 radical (unpaired) electrons. The van der Waals surface area contributed by atoms with Crippen molar-refractivity contribution in [2.45, 2.75) is 12.8 Å². The second kappa shape index (κ2) is 3.58. The minimum absolute atomic E-state index is 0.703. The highest BCUT2D eigenvalue weighted by Gasteiger charge is 2.03. The number of nitrogens with zero attached hydrogens (tertiary/aromatic N) is 1. The number of para-hydroxylation sites is 1. The van der Waals surface area contributed by atoms with Gasteiger partial charge >= 0.3 is 0 Å². The zero-order valence-corrected chi connectivity index (χ0v) is 7.29. The Morgan fingerprint density at radius 1 is 1.54 bits per heavy atom. The fourth-order valence-electron chi connectivity index (χ4n) is 1.43. The van der Waals surface area contributed by atoms with Crippen LogP contribution in [0.4, 0.5) is 0 Å². The van der Waals surface area contributed by atoms with Crippen molar-refractivity contribution in [1.29, 1.82) is 0 Å². The van der Waals surface area contributed by atoms with E-state index >= 15 is 0 Å². The first-order valence-electron chi connectivity index (χ1n) is 4.87. The molecule has 2 rings (SSSR count). The summed E-state index contributed by atoms with van der Waals surface area (Å²) in [4.78, 5) is 4.16. The van der Waals surface area contributed by atoms with Gasteiger partial charge in [-0.15, -0.1) is 0 Å². The molecule has 0 aliphatic carbocycles. The average Bonchev–Trinajstić information content (AvgIpc) is 2.67. The molecule has 0 amide bonds. The Morgan fingerprint density at radius 2 is 2.54 bits per heavy atom. The quantitative estimate of drug-likeness (QED) is 0.725. The first-order valence-corrected chi connectivity index (χ1v) is 4.37. The van der Waals surface area contributed by atoms with Crippen molar-refractivity contribution in [2.75, 3.05) is 6.54 Å². The molecule has 0 aliphatic heterocycles. The summed E-state index contributed by atoms with van der Waals surface area (Å²) in [5, 5.41) is 0. The maximum atomic E-state index is 6.82. The third-order valence-electron chi connectivity index (χ3n) is 2.07. The third kappa shape index (κ3) is 1.55. The molecule has 68 valence electrons. The van der Waals surface area contributed by atoms with Gasteiger partial charge in [-0.3, -0.25) is 0 Å². The maximum Gasteiger partial charge on any atom is 0.181 e. The van der Waals surface area contributed by atoms with Crippen LogP contribution in [-0.2, 0) is 6.42 Å².